The molecule has 0 spiro atoms. The van der Waals surface area contributed by atoms with Gasteiger partial charge in [-0.25, -0.2) is 0 Å². The number of rotatable bonds is 7. The summed E-state index contributed by atoms with van der Waals surface area (Å²) in [5, 5.41) is 5.10. The van der Waals surface area contributed by atoms with Crippen LogP contribution in [-0.4, -0.2) is 0 Å². The first kappa shape index (κ1) is 42.6. The van der Waals surface area contributed by atoms with Crippen LogP contribution in [0.2, 0.25) is 0 Å². The van der Waals surface area contributed by atoms with Gasteiger partial charge in [-0.15, -0.1) is 0 Å². The minimum Gasteiger partial charge on any atom is -0.314 e. The maximum absolute atomic E-state index is 2.48. The molecule has 1 nitrogen and oxygen atoms in total. The fourth-order valence-electron chi connectivity index (χ4n) is 10.4. The molecule has 68 heavy (non-hydrogen) atoms. The zero-order valence-electron chi connectivity index (χ0n) is 39.2. The van der Waals surface area contributed by atoms with E-state index in [0.717, 1.165) is 30.6 Å². The Balaban J connectivity index is 0.995. The summed E-state index contributed by atoms with van der Waals surface area (Å²) in [6.07, 6.45) is 27.8. The highest BCUT2D eigenvalue weighted by molar-refractivity contribution is 6.13. The topological polar surface area (TPSA) is 3.24 Å². The second kappa shape index (κ2) is 18.4. The average Bonchev–Trinajstić information content (AvgIpc) is 3.77. The van der Waals surface area contributed by atoms with Gasteiger partial charge in [-0.1, -0.05) is 200 Å². The van der Waals surface area contributed by atoms with E-state index in [1.165, 1.54) is 99.6 Å². The Kier molecular flexibility index (Phi) is 11.5. The summed E-state index contributed by atoms with van der Waals surface area (Å²) in [7, 11) is 0. The highest BCUT2D eigenvalue weighted by atomic mass is 15.1. The van der Waals surface area contributed by atoms with Crippen molar-refractivity contribution in [1.82, 2.24) is 0 Å². The van der Waals surface area contributed by atoms with Crippen LogP contribution in [0.4, 0.5) is 11.4 Å². The number of nitrogens with zero attached hydrogens (tertiary/aromatic N) is 1. The Labute approximate surface area is 402 Å². The molecule has 0 saturated carbocycles. The Bertz CT molecular complexity index is 3470. The van der Waals surface area contributed by atoms with E-state index in [2.05, 4.69) is 268 Å². The summed E-state index contributed by atoms with van der Waals surface area (Å²) in [4.78, 5) is 2.48. The van der Waals surface area contributed by atoms with E-state index in [0.29, 0.717) is 0 Å². The summed E-state index contributed by atoms with van der Waals surface area (Å²) in [5.74, 6) is 0. The molecule has 0 aromatic heterocycles. The number of fused-ring (bicyclic) bond motifs is 6. The lowest BCUT2D eigenvalue weighted by Crippen LogP contribution is -2.18. The van der Waals surface area contributed by atoms with Gasteiger partial charge in [-0.3, -0.25) is 0 Å². The van der Waals surface area contributed by atoms with Crippen LogP contribution in [0.15, 0.2) is 260 Å². The zero-order chi connectivity index (χ0) is 46.0. The summed E-state index contributed by atoms with van der Waals surface area (Å²) < 4.78 is 0. The number of benzene rings is 8. The van der Waals surface area contributed by atoms with Crippen molar-refractivity contribution in [2.45, 2.75) is 45.4 Å². The molecule has 0 heterocycles. The van der Waals surface area contributed by atoms with Gasteiger partial charge in [0.25, 0.3) is 0 Å². The van der Waals surface area contributed by atoms with Crippen molar-refractivity contribution >= 4 is 44.1 Å². The SMILES string of the molecule is CC1=C\C=C/C=CC(C)(c2ccccc2)C=C/C=C(c2ccc(N(C3=CC(c4ccc5c(c4)-c4ccccc4C5)=CCC3)c3ccc(-c4cc5ccccc5c5ccccc45)cc3)cc2)\C=C\1C. The molecule has 0 radical (unpaired) electrons. The lowest BCUT2D eigenvalue weighted by atomic mass is 9.81. The highest BCUT2D eigenvalue weighted by Crippen LogP contribution is 2.42. The molecule has 3 aliphatic rings. The molecule has 0 fully saturated rings. The Morgan fingerprint density at radius 1 is 0.456 bits per heavy atom. The second-order valence-electron chi connectivity index (χ2n) is 18.7. The molecule has 0 N–H and O–H groups in total. The van der Waals surface area contributed by atoms with Gasteiger partial charge in [0, 0.05) is 22.5 Å². The van der Waals surface area contributed by atoms with E-state index in [1.807, 2.05) is 0 Å². The number of hydrogen-bond acceptors (Lipinski definition) is 1. The first-order valence-corrected chi connectivity index (χ1v) is 24.1. The van der Waals surface area contributed by atoms with Gasteiger partial charge in [-0.2, -0.15) is 0 Å². The molecule has 1 atom stereocenters. The third kappa shape index (κ3) is 8.38. The summed E-state index contributed by atoms with van der Waals surface area (Å²) in [5.41, 5.74) is 19.9. The van der Waals surface area contributed by atoms with Crippen LogP contribution in [0.5, 0.6) is 0 Å². The molecule has 0 aliphatic heterocycles. The van der Waals surface area contributed by atoms with Crippen molar-refractivity contribution in [1.29, 1.82) is 0 Å². The van der Waals surface area contributed by atoms with Gasteiger partial charge >= 0.3 is 0 Å². The maximum Gasteiger partial charge on any atom is 0.0458 e. The first-order valence-electron chi connectivity index (χ1n) is 24.1. The number of allylic oxidation sites excluding steroid dienone is 16. The molecule has 0 bridgehead atoms. The standard InChI is InChI=1S/C67H55N/c1-47-18-6-5-15-40-67(3,57-23-7-4-8-24-57)41-17-22-51(42-48(47)2)49-32-36-58(37-33-49)68(60-25-16-21-52(44-60)53-30-31-56-43-54-19-9-12-27-62(54)66(56)45-53)59-38-34-50(35-39-59)65-46-55-20-10-11-26-61(55)63-28-13-14-29-64(63)65/h4-15,17-24,26-42,44-46H,16,25,43H2,1-3H3/b6-5-,40-15?,41-17?,47-18+,48-42+,51-22+. The number of hydrogen-bond donors (Lipinski definition) is 0. The van der Waals surface area contributed by atoms with Crippen LogP contribution < -0.4 is 4.90 Å². The van der Waals surface area contributed by atoms with Crippen LogP contribution in [-0.2, 0) is 11.8 Å². The fourth-order valence-corrected chi connectivity index (χ4v) is 10.4. The van der Waals surface area contributed by atoms with Crippen LogP contribution >= 0.6 is 0 Å². The summed E-state index contributed by atoms with van der Waals surface area (Å²) in [6.45, 7) is 6.68. The lowest BCUT2D eigenvalue weighted by molar-refractivity contribution is 0.757. The van der Waals surface area contributed by atoms with E-state index in [-0.39, 0.29) is 5.41 Å². The number of anilines is 2. The van der Waals surface area contributed by atoms with E-state index in [9.17, 15) is 0 Å². The maximum atomic E-state index is 2.48. The van der Waals surface area contributed by atoms with Crippen molar-refractivity contribution in [3.63, 3.8) is 0 Å². The largest absolute Gasteiger partial charge is 0.314 e. The Morgan fingerprint density at radius 2 is 1.12 bits per heavy atom. The normalized spacial score (nSPS) is 19.7. The van der Waals surface area contributed by atoms with E-state index >= 15 is 0 Å². The molecule has 0 saturated heterocycles. The monoisotopic (exact) mass is 873 g/mol. The predicted octanol–water partition coefficient (Wildman–Crippen LogP) is 18.0. The van der Waals surface area contributed by atoms with Crippen LogP contribution in [0.1, 0.15) is 61.4 Å². The summed E-state index contributed by atoms with van der Waals surface area (Å²) in [6, 6.07) is 65.1. The molecular weight excluding hydrogens is 819 g/mol. The highest BCUT2D eigenvalue weighted by Gasteiger charge is 2.23. The van der Waals surface area contributed by atoms with Gasteiger partial charge in [0.2, 0.25) is 0 Å². The molecule has 3 aliphatic carbocycles. The van der Waals surface area contributed by atoms with Crippen molar-refractivity contribution < 1.29 is 0 Å². The van der Waals surface area contributed by atoms with Crippen molar-refractivity contribution in [3.05, 3.63) is 287 Å². The Morgan fingerprint density at radius 3 is 1.93 bits per heavy atom. The Hall–Kier alpha value is -8.00. The van der Waals surface area contributed by atoms with E-state index in [4.69, 9.17) is 0 Å². The second-order valence-corrected chi connectivity index (χ2v) is 18.7. The minimum absolute atomic E-state index is 0.272. The third-order valence-electron chi connectivity index (χ3n) is 14.3. The van der Waals surface area contributed by atoms with Gasteiger partial charge in [-0.05, 0) is 176 Å². The molecule has 328 valence electrons. The van der Waals surface area contributed by atoms with Crippen molar-refractivity contribution in [2.24, 2.45) is 0 Å². The van der Waals surface area contributed by atoms with Gasteiger partial charge in [0.1, 0.15) is 0 Å². The van der Waals surface area contributed by atoms with Crippen LogP contribution in [0.25, 0.3) is 54.9 Å². The molecule has 0 amide bonds. The average molecular weight is 874 g/mol. The zero-order valence-corrected chi connectivity index (χ0v) is 39.2. The molecule has 11 rings (SSSR count). The van der Waals surface area contributed by atoms with Crippen LogP contribution in [0.3, 0.4) is 0 Å². The molecule has 8 aromatic rings. The van der Waals surface area contributed by atoms with Crippen LogP contribution in [0, 0.1) is 0 Å². The first-order chi connectivity index (χ1) is 33.4. The van der Waals surface area contributed by atoms with Crippen molar-refractivity contribution in [2.75, 3.05) is 4.90 Å². The lowest BCUT2D eigenvalue weighted by Gasteiger charge is -2.30. The van der Waals surface area contributed by atoms with Gasteiger partial charge in [0.15, 0.2) is 0 Å². The smallest absolute Gasteiger partial charge is 0.0458 e. The van der Waals surface area contributed by atoms with Gasteiger partial charge in [0.05, 0.1) is 0 Å². The quantitative estimate of drug-likeness (QED) is 0.144. The minimum atomic E-state index is -0.272. The van der Waals surface area contributed by atoms with E-state index < -0.39 is 0 Å². The fraction of sp³-hybridized carbons (Fsp3) is 0.104. The molecular formula is C67H55N. The molecule has 1 heteroatoms. The van der Waals surface area contributed by atoms with Crippen molar-refractivity contribution in [3.8, 4) is 22.3 Å². The summed E-state index contributed by atoms with van der Waals surface area (Å²) >= 11 is 0. The predicted molar refractivity (Wildman–Crippen MR) is 292 cm³/mol. The third-order valence-corrected chi connectivity index (χ3v) is 14.3. The molecule has 1 unspecified atom stereocenters. The van der Waals surface area contributed by atoms with E-state index in [1.54, 1.807) is 0 Å². The molecule has 8 aromatic carbocycles. The van der Waals surface area contributed by atoms with Gasteiger partial charge < -0.3 is 4.90 Å².